The molecule has 1 saturated heterocycles. The molecule has 5 heterocycles. The van der Waals surface area contributed by atoms with Crippen molar-refractivity contribution in [2.75, 3.05) is 30.4 Å². The van der Waals surface area contributed by atoms with Gasteiger partial charge in [-0.15, -0.1) is 0 Å². The molecule has 9 nitrogen and oxygen atoms in total. The Morgan fingerprint density at radius 1 is 1.17 bits per heavy atom. The van der Waals surface area contributed by atoms with Crippen molar-refractivity contribution < 1.29 is 14.6 Å². The number of fused-ring (bicyclic) bond motifs is 1. The number of methoxy groups -OCH3 is 1. The van der Waals surface area contributed by atoms with Gasteiger partial charge in [-0.1, -0.05) is 22.9 Å². The van der Waals surface area contributed by atoms with Crippen LogP contribution in [0.3, 0.4) is 0 Å². The minimum atomic E-state index is -0.340. The number of amides is 1. The Balaban J connectivity index is 1.25. The molecule has 4 aromatic heterocycles. The Bertz CT molecular complexity index is 1490. The first-order valence-corrected chi connectivity index (χ1v) is 12.7. The molecular formula is C25H23ClN6O3S. The fourth-order valence-corrected chi connectivity index (χ4v) is 6.11. The SMILES string of the molecule is COc1cnc(Cl)cc1-c1cc(C)ncc1C(=O)Nc1nc2cnc(N3CC4(CC(O)C4)C3)cc2s1. The minimum absolute atomic E-state index is 0.156. The van der Waals surface area contributed by atoms with E-state index in [1.54, 1.807) is 19.4 Å². The molecule has 0 radical (unpaired) electrons. The Morgan fingerprint density at radius 2 is 1.97 bits per heavy atom. The van der Waals surface area contributed by atoms with Crippen LogP contribution in [-0.2, 0) is 0 Å². The van der Waals surface area contributed by atoms with Crippen LogP contribution in [-0.4, -0.2) is 57.3 Å². The number of nitrogens with zero attached hydrogens (tertiary/aromatic N) is 5. The zero-order valence-corrected chi connectivity index (χ0v) is 21.2. The summed E-state index contributed by atoms with van der Waals surface area (Å²) in [5.74, 6) is 1.05. The first-order valence-electron chi connectivity index (χ1n) is 11.5. The highest BCUT2D eigenvalue weighted by molar-refractivity contribution is 7.22. The van der Waals surface area contributed by atoms with Crippen molar-refractivity contribution in [2.24, 2.45) is 5.41 Å². The van der Waals surface area contributed by atoms with Crippen LogP contribution in [0.4, 0.5) is 10.9 Å². The second kappa shape index (κ2) is 8.65. The number of hydrogen-bond donors (Lipinski definition) is 2. The maximum Gasteiger partial charge on any atom is 0.259 e. The molecule has 1 spiro atoms. The van der Waals surface area contributed by atoms with Crippen LogP contribution < -0.4 is 15.0 Å². The van der Waals surface area contributed by atoms with E-state index in [0.717, 1.165) is 47.7 Å². The van der Waals surface area contributed by atoms with Crippen molar-refractivity contribution in [3.63, 3.8) is 0 Å². The Hall–Kier alpha value is -3.34. The largest absolute Gasteiger partial charge is 0.494 e. The van der Waals surface area contributed by atoms with Crippen molar-refractivity contribution in [1.29, 1.82) is 0 Å². The first-order chi connectivity index (χ1) is 17.3. The number of thiazole rings is 1. The van der Waals surface area contributed by atoms with Crippen LogP contribution in [0.25, 0.3) is 21.3 Å². The molecule has 0 atom stereocenters. The summed E-state index contributed by atoms with van der Waals surface area (Å²) in [6.07, 6.45) is 6.39. The Kier molecular flexibility index (Phi) is 5.55. The normalized spacial score (nSPS) is 16.6. The summed E-state index contributed by atoms with van der Waals surface area (Å²) in [4.78, 5) is 33.1. The van der Waals surface area contributed by atoms with E-state index in [1.807, 2.05) is 19.1 Å². The zero-order chi connectivity index (χ0) is 25.0. The summed E-state index contributed by atoms with van der Waals surface area (Å²) in [5.41, 5.74) is 3.38. The number of aromatic nitrogens is 4. The molecule has 1 aliphatic carbocycles. The molecule has 4 aromatic rings. The van der Waals surface area contributed by atoms with E-state index in [1.165, 1.54) is 23.7 Å². The van der Waals surface area contributed by atoms with Gasteiger partial charge in [-0.05, 0) is 31.9 Å². The maximum absolute atomic E-state index is 13.3. The second-order valence-electron chi connectivity index (χ2n) is 9.48. The van der Waals surface area contributed by atoms with E-state index in [4.69, 9.17) is 16.3 Å². The van der Waals surface area contributed by atoms with Crippen molar-refractivity contribution >= 4 is 50.0 Å². The van der Waals surface area contributed by atoms with Gasteiger partial charge in [-0.25, -0.2) is 15.0 Å². The summed E-state index contributed by atoms with van der Waals surface area (Å²) in [6.45, 7) is 3.68. The average Bonchev–Trinajstić information content (AvgIpc) is 3.21. The summed E-state index contributed by atoms with van der Waals surface area (Å²) < 4.78 is 6.39. The molecule has 11 heteroatoms. The quantitative estimate of drug-likeness (QED) is 0.372. The van der Waals surface area contributed by atoms with Crippen molar-refractivity contribution in [3.8, 4) is 16.9 Å². The van der Waals surface area contributed by atoms with E-state index in [2.05, 4.69) is 30.2 Å². The molecular weight excluding hydrogens is 500 g/mol. The van der Waals surface area contributed by atoms with Crippen molar-refractivity contribution in [2.45, 2.75) is 25.9 Å². The standard InChI is InChI=1S/C25H23ClN6O3S/c1-13-3-15(16-4-21(26)28-10-19(16)35-2)17(8-27-13)23(34)31-24-30-18-9-29-22(5-20(18)36-24)32-11-25(12-32)6-14(33)7-25/h3-5,8-10,14,33H,6-7,11-12H2,1-2H3,(H,30,31,34). The van der Waals surface area contributed by atoms with Gasteiger partial charge in [-0.3, -0.25) is 15.1 Å². The molecule has 2 N–H and O–H groups in total. The fourth-order valence-electron chi connectivity index (χ4n) is 5.09. The Morgan fingerprint density at radius 3 is 2.72 bits per heavy atom. The van der Waals surface area contributed by atoms with Gasteiger partial charge in [0.25, 0.3) is 5.91 Å². The third-order valence-corrected chi connectivity index (χ3v) is 7.96. The molecule has 36 heavy (non-hydrogen) atoms. The van der Waals surface area contributed by atoms with Crippen molar-refractivity contribution in [3.05, 3.63) is 53.2 Å². The van der Waals surface area contributed by atoms with E-state index in [-0.39, 0.29) is 17.4 Å². The van der Waals surface area contributed by atoms with E-state index < -0.39 is 0 Å². The van der Waals surface area contributed by atoms with Gasteiger partial charge in [0.1, 0.15) is 22.2 Å². The number of pyridine rings is 3. The fraction of sp³-hybridized carbons (Fsp3) is 0.320. The highest BCUT2D eigenvalue weighted by Gasteiger charge is 2.52. The number of anilines is 2. The molecule has 0 unspecified atom stereocenters. The minimum Gasteiger partial charge on any atom is -0.494 e. The van der Waals surface area contributed by atoms with E-state index in [9.17, 15) is 9.90 Å². The summed E-state index contributed by atoms with van der Waals surface area (Å²) >= 11 is 7.54. The van der Waals surface area contributed by atoms with Crippen LogP contribution in [0.15, 0.2) is 36.8 Å². The topological polar surface area (TPSA) is 113 Å². The number of hydrogen-bond acceptors (Lipinski definition) is 9. The number of aliphatic hydroxyl groups is 1. The lowest BCUT2D eigenvalue weighted by Gasteiger charge is -2.58. The number of carbonyl (C=O) groups is 1. The van der Waals surface area contributed by atoms with E-state index >= 15 is 0 Å². The van der Waals surface area contributed by atoms with Gasteiger partial charge in [0.15, 0.2) is 5.13 Å². The third kappa shape index (κ3) is 4.04. The monoisotopic (exact) mass is 522 g/mol. The second-order valence-corrected chi connectivity index (χ2v) is 10.9. The average molecular weight is 523 g/mol. The van der Waals surface area contributed by atoms with Gasteiger partial charge in [-0.2, -0.15) is 0 Å². The molecule has 1 amide bonds. The number of nitrogens with one attached hydrogen (secondary N) is 1. The lowest BCUT2D eigenvalue weighted by molar-refractivity contribution is -0.0494. The molecule has 6 rings (SSSR count). The summed E-state index contributed by atoms with van der Waals surface area (Å²) in [7, 11) is 1.54. The van der Waals surface area contributed by atoms with Gasteiger partial charge in [0.05, 0.1) is 35.9 Å². The Labute approximate surface area is 216 Å². The third-order valence-electron chi connectivity index (χ3n) is 6.82. The highest BCUT2D eigenvalue weighted by Crippen LogP contribution is 2.49. The zero-order valence-electron chi connectivity index (χ0n) is 19.7. The number of halogens is 1. The smallest absolute Gasteiger partial charge is 0.259 e. The number of rotatable bonds is 5. The number of carbonyl (C=O) groups excluding carboxylic acids is 1. The van der Waals surface area contributed by atoms with Crippen molar-refractivity contribution in [1.82, 2.24) is 19.9 Å². The molecule has 0 aromatic carbocycles. The molecule has 0 bridgehead atoms. The number of aryl methyl sites for hydroxylation is 1. The molecule has 2 aliphatic rings. The summed E-state index contributed by atoms with van der Waals surface area (Å²) in [6, 6.07) is 5.49. The van der Waals surface area contributed by atoms with Crippen LogP contribution in [0.1, 0.15) is 28.9 Å². The molecule has 1 aliphatic heterocycles. The number of ether oxygens (including phenoxy) is 1. The molecule has 2 fully saturated rings. The van der Waals surface area contributed by atoms with Crippen LogP contribution >= 0.6 is 22.9 Å². The maximum atomic E-state index is 13.3. The lowest BCUT2D eigenvalue weighted by Crippen LogP contribution is -2.64. The molecule has 184 valence electrons. The van der Waals surface area contributed by atoms with Crippen LogP contribution in [0.5, 0.6) is 5.75 Å². The van der Waals surface area contributed by atoms with Gasteiger partial charge in [0, 0.05) is 47.6 Å². The first kappa shape index (κ1) is 23.1. The van der Waals surface area contributed by atoms with Crippen LogP contribution in [0.2, 0.25) is 5.15 Å². The predicted octanol–water partition coefficient (Wildman–Crippen LogP) is 4.33. The highest BCUT2D eigenvalue weighted by atomic mass is 35.5. The predicted molar refractivity (Wildman–Crippen MR) is 139 cm³/mol. The number of aliphatic hydroxyl groups excluding tert-OH is 1. The van der Waals surface area contributed by atoms with E-state index in [0.29, 0.717) is 32.7 Å². The van der Waals surface area contributed by atoms with Gasteiger partial charge >= 0.3 is 0 Å². The molecule has 1 saturated carbocycles. The van der Waals surface area contributed by atoms with Gasteiger partial charge < -0.3 is 14.7 Å². The summed E-state index contributed by atoms with van der Waals surface area (Å²) in [5, 5.41) is 13.3. The lowest BCUT2D eigenvalue weighted by atomic mass is 9.62. The van der Waals surface area contributed by atoms with Gasteiger partial charge in [0.2, 0.25) is 0 Å². The van der Waals surface area contributed by atoms with Crippen LogP contribution in [0, 0.1) is 12.3 Å².